The predicted molar refractivity (Wildman–Crippen MR) is 116 cm³/mol. The van der Waals surface area contributed by atoms with Crippen LogP contribution in [-0.2, 0) is 22.1 Å². The van der Waals surface area contributed by atoms with Gasteiger partial charge in [-0.05, 0) is 48.9 Å². The topological polar surface area (TPSA) is 77.9 Å². The van der Waals surface area contributed by atoms with Crippen molar-refractivity contribution in [2.45, 2.75) is 32.0 Å². The molecule has 33 heavy (non-hydrogen) atoms. The molecule has 0 aliphatic heterocycles. The molecule has 0 saturated carbocycles. The maximum absolute atomic E-state index is 12.9. The maximum Gasteiger partial charge on any atom is 0.416 e. The summed E-state index contributed by atoms with van der Waals surface area (Å²) in [5, 5.41) is 9.67. The van der Waals surface area contributed by atoms with E-state index in [-0.39, 0.29) is 11.9 Å². The first kappa shape index (κ1) is 24.3. The lowest BCUT2D eigenvalue weighted by Crippen LogP contribution is -2.26. The van der Waals surface area contributed by atoms with Gasteiger partial charge in [-0.1, -0.05) is 12.1 Å². The lowest BCUT2D eigenvalue weighted by molar-refractivity contribution is -0.150. The van der Waals surface area contributed by atoms with Gasteiger partial charge < -0.3 is 19.3 Å². The van der Waals surface area contributed by atoms with Gasteiger partial charge in [-0.3, -0.25) is 4.98 Å². The molecule has 6 nitrogen and oxygen atoms in total. The summed E-state index contributed by atoms with van der Waals surface area (Å²) in [6, 6.07) is 12.1. The average Bonchev–Trinajstić information content (AvgIpc) is 2.78. The van der Waals surface area contributed by atoms with Crippen LogP contribution >= 0.6 is 0 Å². The van der Waals surface area contributed by atoms with Gasteiger partial charge in [0.05, 0.1) is 24.3 Å². The molecule has 3 rings (SSSR count). The van der Waals surface area contributed by atoms with E-state index in [4.69, 9.17) is 19.3 Å². The van der Waals surface area contributed by atoms with Gasteiger partial charge >= 0.3 is 12.1 Å². The Morgan fingerprint density at radius 2 is 1.79 bits per heavy atom. The highest BCUT2D eigenvalue weighted by molar-refractivity contribution is 5.85. The van der Waals surface area contributed by atoms with Gasteiger partial charge in [0, 0.05) is 31.0 Å². The van der Waals surface area contributed by atoms with Gasteiger partial charge in [0.25, 0.3) is 0 Å². The second-order valence-corrected chi connectivity index (χ2v) is 7.22. The Hall–Kier alpha value is -3.33. The molecule has 0 radical (unpaired) electrons. The van der Waals surface area contributed by atoms with Crippen LogP contribution < -0.4 is 9.47 Å². The van der Waals surface area contributed by atoms with Crippen molar-refractivity contribution in [3.63, 3.8) is 0 Å². The fraction of sp³-hybridized carbons (Fsp3) is 0.333. The first-order valence-corrected chi connectivity index (χ1v) is 10.4. The van der Waals surface area contributed by atoms with Gasteiger partial charge in [0.1, 0.15) is 11.5 Å². The molecule has 9 heteroatoms. The van der Waals surface area contributed by atoms with E-state index in [0.29, 0.717) is 43.1 Å². The molecular weight excluding hydrogens is 439 g/mol. The predicted octanol–water partition coefficient (Wildman–Crippen LogP) is 5.13. The van der Waals surface area contributed by atoms with Gasteiger partial charge in [-0.2, -0.15) is 13.2 Å². The van der Waals surface area contributed by atoms with E-state index in [1.54, 1.807) is 37.3 Å². The first-order valence-electron chi connectivity index (χ1n) is 10.4. The van der Waals surface area contributed by atoms with Crippen molar-refractivity contribution < 1.29 is 37.3 Å². The summed E-state index contributed by atoms with van der Waals surface area (Å²) >= 11 is 0. The summed E-state index contributed by atoms with van der Waals surface area (Å²) in [5.41, 5.74) is 0.286. The number of aliphatic carboxylic acids is 1. The minimum Gasteiger partial charge on any atom is -0.493 e. The molecule has 1 atom stereocenters. The molecule has 0 saturated heterocycles. The van der Waals surface area contributed by atoms with Crippen LogP contribution in [0.5, 0.6) is 11.5 Å². The molecule has 3 aromatic rings. The molecule has 2 aromatic carbocycles. The highest BCUT2D eigenvalue weighted by atomic mass is 19.4. The van der Waals surface area contributed by atoms with E-state index in [2.05, 4.69) is 4.98 Å². The number of carboxylic acids is 1. The Morgan fingerprint density at radius 3 is 2.45 bits per heavy atom. The van der Waals surface area contributed by atoms with E-state index in [1.807, 2.05) is 0 Å². The molecule has 0 aliphatic carbocycles. The van der Waals surface area contributed by atoms with E-state index >= 15 is 0 Å². The van der Waals surface area contributed by atoms with E-state index < -0.39 is 23.8 Å². The molecular formula is C24H24F3NO5. The molecule has 0 bridgehead atoms. The second kappa shape index (κ2) is 11.0. The van der Waals surface area contributed by atoms with Crippen molar-refractivity contribution >= 4 is 16.9 Å². The largest absolute Gasteiger partial charge is 0.493 e. The summed E-state index contributed by atoms with van der Waals surface area (Å²) in [5.74, 6) is 0.0939. The number of alkyl halides is 3. The molecule has 0 fully saturated rings. The fourth-order valence-electron chi connectivity index (χ4n) is 3.21. The quantitative estimate of drug-likeness (QED) is 0.397. The zero-order chi connectivity index (χ0) is 23.8. The molecule has 1 aromatic heterocycles. The SMILES string of the molecule is CCOC(Cc1ccc(OCCCOc2ccnc3cc(C(F)(F)F)ccc23)cc1)C(=O)O. The van der Waals surface area contributed by atoms with Crippen LogP contribution in [0.3, 0.4) is 0 Å². The standard InChI is InChI=1S/C24H24F3NO5/c1-2-31-22(23(29)30)14-16-4-7-18(8-5-16)32-12-3-13-33-21-10-11-28-20-15-17(24(25,26)27)6-9-19(20)21/h4-11,15,22H,2-3,12-14H2,1H3,(H,29,30). The van der Waals surface area contributed by atoms with Crippen LogP contribution in [0.4, 0.5) is 13.2 Å². The minimum atomic E-state index is -4.43. The molecule has 0 aliphatic rings. The number of carboxylic acid groups (broad SMARTS) is 1. The van der Waals surface area contributed by atoms with Crippen molar-refractivity contribution in [1.29, 1.82) is 0 Å². The van der Waals surface area contributed by atoms with Gasteiger partial charge in [-0.15, -0.1) is 0 Å². The lowest BCUT2D eigenvalue weighted by atomic mass is 10.1. The van der Waals surface area contributed by atoms with Crippen LogP contribution in [-0.4, -0.2) is 42.0 Å². The van der Waals surface area contributed by atoms with Crippen molar-refractivity contribution in [2.75, 3.05) is 19.8 Å². The maximum atomic E-state index is 12.9. The summed E-state index contributed by atoms with van der Waals surface area (Å²) in [6.45, 7) is 2.76. The van der Waals surface area contributed by atoms with Crippen LogP contribution in [0.15, 0.2) is 54.7 Å². The highest BCUT2D eigenvalue weighted by Gasteiger charge is 2.30. The number of nitrogens with zero attached hydrogens (tertiary/aromatic N) is 1. The third kappa shape index (κ3) is 6.82. The van der Waals surface area contributed by atoms with E-state index in [0.717, 1.165) is 17.7 Å². The van der Waals surface area contributed by atoms with Gasteiger partial charge in [0.2, 0.25) is 0 Å². The number of pyridine rings is 1. The Morgan fingerprint density at radius 1 is 1.06 bits per heavy atom. The number of ether oxygens (including phenoxy) is 3. The summed E-state index contributed by atoms with van der Waals surface area (Å²) in [7, 11) is 0. The minimum absolute atomic E-state index is 0.216. The number of fused-ring (bicyclic) bond motifs is 1. The van der Waals surface area contributed by atoms with Crippen molar-refractivity contribution in [3.8, 4) is 11.5 Å². The summed E-state index contributed by atoms with van der Waals surface area (Å²) in [4.78, 5) is 15.2. The Balaban J connectivity index is 1.48. The fourth-order valence-corrected chi connectivity index (χ4v) is 3.21. The van der Waals surface area contributed by atoms with Crippen LogP contribution in [0.2, 0.25) is 0 Å². The molecule has 1 heterocycles. The van der Waals surface area contributed by atoms with Crippen LogP contribution in [0, 0.1) is 0 Å². The van der Waals surface area contributed by atoms with Crippen LogP contribution in [0.25, 0.3) is 10.9 Å². The van der Waals surface area contributed by atoms with Crippen LogP contribution in [0.1, 0.15) is 24.5 Å². The number of carbonyl (C=O) groups is 1. The monoisotopic (exact) mass is 463 g/mol. The Kier molecular flexibility index (Phi) is 8.11. The van der Waals surface area contributed by atoms with Gasteiger partial charge in [0.15, 0.2) is 6.10 Å². The van der Waals surface area contributed by atoms with Crippen molar-refractivity contribution in [3.05, 3.63) is 65.9 Å². The molecule has 0 amide bonds. The lowest BCUT2D eigenvalue weighted by Gasteiger charge is -2.13. The smallest absolute Gasteiger partial charge is 0.416 e. The number of aromatic nitrogens is 1. The Labute approximate surface area is 188 Å². The Bertz CT molecular complexity index is 1070. The van der Waals surface area contributed by atoms with E-state index in [9.17, 15) is 18.0 Å². The highest BCUT2D eigenvalue weighted by Crippen LogP contribution is 2.33. The first-order chi connectivity index (χ1) is 15.8. The summed E-state index contributed by atoms with van der Waals surface area (Å²) < 4.78 is 55.3. The number of benzene rings is 2. The number of halogens is 3. The average molecular weight is 463 g/mol. The third-order valence-corrected chi connectivity index (χ3v) is 4.83. The normalized spacial score (nSPS) is 12.5. The van der Waals surface area contributed by atoms with Crippen molar-refractivity contribution in [1.82, 2.24) is 4.98 Å². The van der Waals surface area contributed by atoms with E-state index in [1.165, 1.54) is 12.3 Å². The molecule has 1 unspecified atom stereocenters. The van der Waals surface area contributed by atoms with Crippen molar-refractivity contribution in [2.24, 2.45) is 0 Å². The van der Waals surface area contributed by atoms with Gasteiger partial charge in [-0.25, -0.2) is 4.79 Å². The number of hydrogen-bond donors (Lipinski definition) is 1. The molecule has 176 valence electrons. The third-order valence-electron chi connectivity index (χ3n) is 4.83. The number of hydrogen-bond acceptors (Lipinski definition) is 5. The molecule has 1 N–H and O–H groups in total. The number of rotatable bonds is 11. The summed E-state index contributed by atoms with van der Waals surface area (Å²) in [6.07, 6.45) is -3.08. The molecule has 0 spiro atoms. The zero-order valence-electron chi connectivity index (χ0n) is 18.0. The second-order valence-electron chi connectivity index (χ2n) is 7.22. The zero-order valence-corrected chi connectivity index (χ0v) is 18.0.